The highest BCUT2D eigenvalue weighted by molar-refractivity contribution is 5.98. The highest BCUT2D eigenvalue weighted by Crippen LogP contribution is 2.32. The summed E-state index contributed by atoms with van der Waals surface area (Å²) in [7, 11) is 1.43. The van der Waals surface area contributed by atoms with E-state index in [1.54, 1.807) is 32.0 Å². The van der Waals surface area contributed by atoms with Crippen LogP contribution in [0.4, 0.5) is 0 Å². The lowest BCUT2D eigenvalue weighted by Gasteiger charge is -2.12. The van der Waals surface area contributed by atoms with Crippen LogP contribution < -0.4 is 23.7 Å². The van der Waals surface area contributed by atoms with Gasteiger partial charge in [0.05, 0.1) is 7.11 Å². The van der Waals surface area contributed by atoms with E-state index in [1.807, 2.05) is 0 Å². The summed E-state index contributed by atoms with van der Waals surface area (Å²) < 4.78 is 25.4. The van der Waals surface area contributed by atoms with Gasteiger partial charge in [0.25, 0.3) is 12.9 Å². The lowest BCUT2D eigenvalue weighted by atomic mass is 10.0. The van der Waals surface area contributed by atoms with Crippen LogP contribution in [0.1, 0.15) is 26.3 Å². The normalized spacial score (nSPS) is 10.9. The molecule has 0 heterocycles. The maximum absolute atomic E-state index is 12.7. The molecule has 33 heavy (non-hydrogen) atoms. The topological polar surface area (TPSA) is 114 Å². The maximum Gasteiger partial charge on any atom is 0.339 e. The molecule has 0 fully saturated rings. The Hall–Kier alpha value is -4.40. The largest absolute Gasteiger partial charge is 0.493 e. The molecule has 9 heteroatoms. The van der Waals surface area contributed by atoms with Gasteiger partial charge in [0.15, 0.2) is 11.5 Å². The zero-order chi connectivity index (χ0) is 24.5. The summed E-state index contributed by atoms with van der Waals surface area (Å²) in [5.74, 6) is -0.887. The second kappa shape index (κ2) is 11.3. The number of rotatable bonds is 10. The Balaban J connectivity index is 2.34. The first-order valence-electron chi connectivity index (χ1n) is 9.51. The molecule has 9 nitrogen and oxygen atoms in total. The van der Waals surface area contributed by atoms with Crippen LogP contribution in [0.5, 0.6) is 28.7 Å². The fourth-order valence-corrected chi connectivity index (χ4v) is 2.59. The Morgan fingerprint density at radius 2 is 1.36 bits per heavy atom. The van der Waals surface area contributed by atoms with E-state index in [1.165, 1.54) is 32.2 Å². The molecule has 0 N–H and O–H groups in total. The third kappa shape index (κ3) is 6.54. The smallest absolute Gasteiger partial charge is 0.339 e. The van der Waals surface area contributed by atoms with Gasteiger partial charge in [-0.1, -0.05) is 12.6 Å². The van der Waals surface area contributed by atoms with Crippen molar-refractivity contribution in [1.82, 2.24) is 0 Å². The predicted molar refractivity (Wildman–Crippen MR) is 117 cm³/mol. The second-order valence-electron chi connectivity index (χ2n) is 6.74. The Morgan fingerprint density at radius 3 is 1.91 bits per heavy atom. The van der Waals surface area contributed by atoms with Gasteiger partial charge in [0.1, 0.15) is 17.2 Å². The van der Waals surface area contributed by atoms with Crippen molar-refractivity contribution in [1.29, 1.82) is 0 Å². The van der Waals surface area contributed by atoms with Crippen LogP contribution in [0.25, 0.3) is 5.57 Å². The maximum atomic E-state index is 12.7. The van der Waals surface area contributed by atoms with Crippen LogP contribution in [0, 0.1) is 0 Å². The van der Waals surface area contributed by atoms with Gasteiger partial charge >= 0.3 is 11.9 Å². The van der Waals surface area contributed by atoms with Crippen molar-refractivity contribution < 1.29 is 42.9 Å². The first kappa shape index (κ1) is 24.9. The molecule has 0 saturated carbocycles. The molecule has 0 atom stereocenters. The molecule has 0 aliphatic carbocycles. The summed E-state index contributed by atoms with van der Waals surface area (Å²) in [6.07, 6.45) is 0. The minimum Gasteiger partial charge on any atom is -0.493 e. The van der Waals surface area contributed by atoms with Crippen LogP contribution in [0.2, 0.25) is 0 Å². The molecule has 0 aromatic heterocycles. The molecule has 0 bridgehead atoms. The van der Waals surface area contributed by atoms with Crippen molar-refractivity contribution in [2.24, 2.45) is 0 Å². The van der Waals surface area contributed by atoms with Gasteiger partial charge in [0, 0.05) is 29.3 Å². The summed E-state index contributed by atoms with van der Waals surface area (Å²) in [5.41, 5.74) is 1.55. The fourth-order valence-electron chi connectivity index (χ4n) is 2.59. The van der Waals surface area contributed by atoms with Crippen molar-refractivity contribution in [3.63, 3.8) is 0 Å². The lowest BCUT2D eigenvalue weighted by Crippen LogP contribution is -2.12. The first-order chi connectivity index (χ1) is 15.7. The molecule has 2 aromatic carbocycles. The first-order valence-corrected chi connectivity index (χ1v) is 9.51. The quantitative estimate of drug-likeness (QED) is 0.230. The summed E-state index contributed by atoms with van der Waals surface area (Å²) in [4.78, 5) is 46.0. The number of benzene rings is 2. The van der Waals surface area contributed by atoms with E-state index in [-0.39, 0.29) is 47.1 Å². The molecule has 0 amide bonds. The lowest BCUT2D eigenvalue weighted by molar-refractivity contribution is -0.130. The Bertz CT molecular complexity index is 1130. The SMILES string of the molecule is C=C(C)C(=O)Oc1cc(OC=O)cc(OC(=O)/C(C)=C(\C)c2ccc(OC)c(OC=O)c2)c1. The Morgan fingerprint density at radius 1 is 0.788 bits per heavy atom. The molecule has 0 aliphatic rings. The number of hydrogen-bond donors (Lipinski definition) is 0. The summed E-state index contributed by atoms with van der Waals surface area (Å²) >= 11 is 0. The Kier molecular flexibility index (Phi) is 8.50. The molecule has 172 valence electrons. The van der Waals surface area contributed by atoms with Crippen LogP contribution in [0.3, 0.4) is 0 Å². The molecule has 0 saturated heterocycles. The van der Waals surface area contributed by atoms with Crippen molar-refractivity contribution in [2.45, 2.75) is 20.8 Å². The summed E-state index contributed by atoms with van der Waals surface area (Å²) in [6.45, 7) is 8.66. The molecule has 0 spiro atoms. The van der Waals surface area contributed by atoms with E-state index in [0.717, 1.165) is 0 Å². The minimum absolute atomic E-state index is 0.00368. The molecule has 0 aliphatic heterocycles. The highest BCUT2D eigenvalue weighted by Gasteiger charge is 2.16. The van der Waals surface area contributed by atoms with E-state index in [9.17, 15) is 19.2 Å². The van der Waals surface area contributed by atoms with Gasteiger partial charge in [-0.25, -0.2) is 9.59 Å². The van der Waals surface area contributed by atoms with Crippen LogP contribution >= 0.6 is 0 Å². The molecule has 0 unspecified atom stereocenters. The van der Waals surface area contributed by atoms with Crippen molar-refractivity contribution in [3.05, 3.63) is 59.7 Å². The van der Waals surface area contributed by atoms with Gasteiger partial charge in [-0.3, -0.25) is 9.59 Å². The molecular weight excluding hydrogens is 432 g/mol. The molecule has 0 radical (unpaired) electrons. The van der Waals surface area contributed by atoms with Gasteiger partial charge in [-0.05, 0) is 44.0 Å². The molecule has 2 rings (SSSR count). The van der Waals surface area contributed by atoms with Crippen LogP contribution in [-0.4, -0.2) is 32.0 Å². The number of allylic oxidation sites excluding steroid dienone is 1. The highest BCUT2D eigenvalue weighted by atomic mass is 16.6. The van der Waals surface area contributed by atoms with Crippen LogP contribution in [-0.2, 0) is 19.2 Å². The van der Waals surface area contributed by atoms with Gasteiger partial charge in [-0.2, -0.15) is 0 Å². The number of methoxy groups -OCH3 is 1. The number of carbonyl (C=O) groups excluding carboxylic acids is 4. The molecule has 2 aromatic rings. The number of hydrogen-bond acceptors (Lipinski definition) is 9. The van der Waals surface area contributed by atoms with E-state index < -0.39 is 11.9 Å². The van der Waals surface area contributed by atoms with Crippen molar-refractivity contribution in [2.75, 3.05) is 7.11 Å². The van der Waals surface area contributed by atoms with Crippen LogP contribution in [0.15, 0.2) is 54.1 Å². The third-order valence-electron chi connectivity index (χ3n) is 4.45. The Labute approximate surface area is 190 Å². The average molecular weight is 454 g/mol. The van der Waals surface area contributed by atoms with E-state index in [2.05, 4.69) is 6.58 Å². The van der Waals surface area contributed by atoms with Crippen molar-refractivity contribution in [3.8, 4) is 28.7 Å². The van der Waals surface area contributed by atoms with E-state index in [4.69, 9.17) is 23.7 Å². The monoisotopic (exact) mass is 454 g/mol. The van der Waals surface area contributed by atoms with Gasteiger partial charge in [0.2, 0.25) is 0 Å². The summed E-state index contributed by atoms with van der Waals surface area (Å²) in [6, 6.07) is 8.70. The van der Waals surface area contributed by atoms with E-state index >= 15 is 0 Å². The zero-order valence-corrected chi connectivity index (χ0v) is 18.5. The number of esters is 2. The standard InChI is InChI=1S/C24H22O9/c1-14(2)23(27)32-19-9-18(30-12-25)10-20(11-19)33-24(28)16(4)15(3)17-6-7-21(29-5)22(8-17)31-13-26/h6-13H,1H2,2-5H3/b16-15+. The number of carbonyl (C=O) groups is 4. The third-order valence-corrected chi connectivity index (χ3v) is 4.45. The zero-order valence-electron chi connectivity index (χ0n) is 18.5. The summed E-state index contributed by atoms with van der Waals surface area (Å²) in [5, 5.41) is 0. The second-order valence-corrected chi connectivity index (χ2v) is 6.74. The average Bonchev–Trinajstić information content (AvgIpc) is 2.78. The fraction of sp³-hybridized carbons (Fsp3) is 0.167. The van der Waals surface area contributed by atoms with Gasteiger partial charge in [-0.15, -0.1) is 0 Å². The predicted octanol–water partition coefficient (Wildman–Crippen LogP) is 3.65. The van der Waals surface area contributed by atoms with Gasteiger partial charge < -0.3 is 23.7 Å². The molecular formula is C24H22O9. The van der Waals surface area contributed by atoms with Crippen molar-refractivity contribution >= 4 is 30.5 Å². The number of ether oxygens (including phenoxy) is 5. The van der Waals surface area contributed by atoms with E-state index in [0.29, 0.717) is 16.9 Å². The minimum atomic E-state index is -0.707.